The van der Waals surface area contributed by atoms with Crippen LogP contribution in [0, 0.1) is 0 Å². The number of anilines is 1. The van der Waals surface area contributed by atoms with Gasteiger partial charge in [0.2, 0.25) is 0 Å². The van der Waals surface area contributed by atoms with Gasteiger partial charge in [-0.2, -0.15) is 0 Å². The van der Waals surface area contributed by atoms with Crippen molar-refractivity contribution in [1.29, 1.82) is 0 Å². The monoisotopic (exact) mass is 391 g/mol. The second-order valence-corrected chi connectivity index (χ2v) is 6.05. The molecule has 1 aromatic heterocycles. The van der Waals surface area contributed by atoms with Crippen LogP contribution in [0.1, 0.15) is 20.7 Å². The van der Waals surface area contributed by atoms with Crippen LogP contribution in [0.15, 0.2) is 46.9 Å². The van der Waals surface area contributed by atoms with E-state index in [2.05, 4.69) is 10.2 Å². The Kier molecular flexibility index (Phi) is 4.92. The smallest absolute Gasteiger partial charge is 0.335 e. The molecule has 0 fully saturated rings. The Hall–Kier alpha value is -2.90. The lowest BCUT2D eigenvalue weighted by Crippen LogP contribution is -2.26. The van der Waals surface area contributed by atoms with E-state index in [9.17, 15) is 9.59 Å². The van der Waals surface area contributed by atoms with Crippen molar-refractivity contribution in [3.05, 3.63) is 63.6 Å². The Bertz CT molecular complexity index is 966. The summed E-state index contributed by atoms with van der Waals surface area (Å²) in [5.74, 6) is -1.44. The quantitative estimate of drug-likeness (QED) is 0.721. The van der Waals surface area contributed by atoms with Gasteiger partial charge in [0.25, 0.3) is 11.8 Å². The molecule has 3 aromatic rings. The Balaban J connectivity index is 1.87. The van der Waals surface area contributed by atoms with Gasteiger partial charge >= 0.3 is 12.0 Å². The van der Waals surface area contributed by atoms with Gasteiger partial charge in [-0.3, -0.25) is 9.69 Å². The molecule has 1 heterocycles. The number of aromatic nitrogens is 2. The van der Waals surface area contributed by atoms with Gasteiger partial charge in [-0.05, 0) is 36.4 Å². The van der Waals surface area contributed by atoms with Gasteiger partial charge in [0.1, 0.15) is 0 Å². The number of benzene rings is 2. The number of aromatic carboxylic acids is 1. The maximum absolute atomic E-state index is 12.5. The largest absolute Gasteiger partial charge is 0.478 e. The van der Waals surface area contributed by atoms with Crippen molar-refractivity contribution in [2.24, 2.45) is 0 Å². The summed E-state index contributed by atoms with van der Waals surface area (Å²) in [4.78, 5) is 24.5. The minimum absolute atomic E-state index is 0.0525. The van der Waals surface area contributed by atoms with E-state index in [1.807, 2.05) is 0 Å². The molecule has 0 saturated heterocycles. The van der Waals surface area contributed by atoms with E-state index in [0.717, 1.165) is 4.90 Å². The molecule has 2 aromatic carbocycles. The lowest BCUT2D eigenvalue weighted by molar-refractivity contribution is 0.0696. The second kappa shape index (κ2) is 7.15. The first kappa shape index (κ1) is 17.9. The molecule has 0 saturated carbocycles. The van der Waals surface area contributed by atoms with Gasteiger partial charge in [0, 0.05) is 12.6 Å². The van der Waals surface area contributed by atoms with Crippen LogP contribution < -0.4 is 4.90 Å². The molecule has 0 unspecified atom stereocenters. The number of nitrogens with zero attached hydrogens (tertiary/aromatic N) is 3. The number of carboxylic acid groups (broad SMARTS) is 1. The SMILES string of the molecule is CN(C(=O)c1ccc(C(=O)O)cc1)c1nnc(-c2c(Cl)cccc2Cl)o1. The maximum atomic E-state index is 12.5. The summed E-state index contributed by atoms with van der Waals surface area (Å²) >= 11 is 12.2. The predicted octanol–water partition coefficient (Wildman–Crippen LogP) is 4.02. The number of halogens is 2. The van der Waals surface area contributed by atoms with Crippen molar-refractivity contribution in [3.63, 3.8) is 0 Å². The van der Waals surface area contributed by atoms with Crippen LogP contribution in [-0.4, -0.2) is 34.2 Å². The molecule has 3 rings (SSSR count). The summed E-state index contributed by atoms with van der Waals surface area (Å²) in [6.45, 7) is 0. The molecule has 26 heavy (non-hydrogen) atoms. The molecule has 0 bridgehead atoms. The molecular weight excluding hydrogens is 381 g/mol. The molecule has 0 atom stereocenters. The fraction of sp³-hybridized carbons (Fsp3) is 0.0588. The third-order valence-electron chi connectivity index (χ3n) is 3.56. The van der Waals surface area contributed by atoms with E-state index in [1.54, 1.807) is 18.2 Å². The van der Waals surface area contributed by atoms with Gasteiger partial charge in [0.05, 0.1) is 21.2 Å². The molecule has 0 aliphatic rings. The van der Waals surface area contributed by atoms with Gasteiger partial charge in [-0.25, -0.2) is 4.79 Å². The van der Waals surface area contributed by atoms with E-state index in [4.69, 9.17) is 32.7 Å². The third kappa shape index (κ3) is 3.40. The molecule has 1 amide bonds. The molecular formula is C17H11Cl2N3O4. The first-order valence-corrected chi connectivity index (χ1v) is 8.03. The van der Waals surface area contributed by atoms with Crippen molar-refractivity contribution < 1.29 is 19.1 Å². The van der Waals surface area contributed by atoms with E-state index < -0.39 is 11.9 Å². The highest BCUT2D eigenvalue weighted by molar-refractivity contribution is 6.38. The number of carbonyl (C=O) groups is 2. The summed E-state index contributed by atoms with van der Waals surface area (Å²) in [6.07, 6.45) is 0. The standard InChI is InChI=1S/C17H11Cl2N3O4/c1-22(15(23)9-5-7-10(8-6-9)16(24)25)17-21-20-14(26-17)13-11(18)3-2-4-12(13)19/h2-8H,1H3,(H,24,25). The van der Waals surface area contributed by atoms with E-state index in [1.165, 1.54) is 31.3 Å². The first-order chi connectivity index (χ1) is 12.4. The fourth-order valence-electron chi connectivity index (χ4n) is 2.19. The fourth-order valence-corrected chi connectivity index (χ4v) is 2.75. The molecule has 0 aliphatic carbocycles. The topological polar surface area (TPSA) is 96.5 Å². The summed E-state index contributed by atoms with van der Waals surface area (Å²) in [7, 11) is 1.46. The summed E-state index contributed by atoms with van der Waals surface area (Å²) in [5.41, 5.74) is 0.729. The minimum Gasteiger partial charge on any atom is -0.478 e. The highest BCUT2D eigenvalue weighted by atomic mass is 35.5. The molecule has 7 nitrogen and oxygen atoms in total. The Morgan fingerprint density at radius 2 is 1.58 bits per heavy atom. The number of hydrogen-bond acceptors (Lipinski definition) is 5. The zero-order valence-corrected chi connectivity index (χ0v) is 14.8. The molecule has 0 radical (unpaired) electrons. The van der Waals surface area contributed by atoms with Gasteiger partial charge in [-0.1, -0.05) is 34.4 Å². The van der Waals surface area contributed by atoms with Crippen LogP contribution in [0.2, 0.25) is 10.0 Å². The van der Waals surface area contributed by atoms with E-state index in [-0.39, 0.29) is 23.0 Å². The van der Waals surface area contributed by atoms with Crippen LogP contribution in [0.5, 0.6) is 0 Å². The summed E-state index contributed by atoms with van der Waals surface area (Å²) in [5, 5.41) is 17.3. The Labute approximate surface area is 157 Å². The molecule has 1 N–H and O–H groups in total. The van der Waals surface area contributed by atoms with Gasteiger partial charge in [-0.15, -0.1) is 5.10 Å². The van der Waals surface area contributed by atoms with Gasteiger partial charge < -0.3 is 9.52 Å². The lowest BCUT2D eigenvalue weighted by Gasteiger charge is -2.12. The van der Waals surface area contributed by atoms with Gasteiger partial charge in [0.15, 0.2) is 0 Å². The zero-order valence-electron chi connectivity index (χ0n) is 13.3. The highest BCUT2D eigenvalue weighted by Crippen LogP contribution is 2.34. The minimum atomic E-state index is -1.07. The number of hydrogen-bond donors (Lipinski definition) is 1. The number of carbonyl (C=O) groups excluding carboxylic acids is 1. The summed E-state index contributed by atoms with van der Waals surface area (Å²) < 4.78 is 5.52. The predicted molar refractivity (Wildman–Crippen MR) is 95.9 cm³/mol. The normalized spacial score (nSPS) is 10.6. The third-order valence-corrected chi connectivity index (χ3v) is 4.19. The lowest BCUT2D eigenvalue weighted by atomic mass is 10.1. The Morgan fingerprint density at radius 1 is 1.00 bits per heavy atom. The first-order valence-electron chi connectivity index (χ1n) is 7.28. The van der Waals surface area contributed by atoms with Crippen LogP contribution in [0.4, 0.5) is 6.01 Å². The second-order valence-electron chi connectivity index (χ2n) is 5.23. The van der Waals surface area contributed by atoms with Crippen molar-refractivity contribution in [1.82, 2.24) is 10.2 Å². The van der Waals surface area contributed by atoms with E-state index in [0.29, 0.717) is 15.6 Å². The number of carboxylic acids is 1. The summed E-state index contributed by atoms with van der Waals surface area (Å²) in [6, 6.07) is 10.4. The zero-order chi connectivity index (χ0) is 18.8. The molecule has 132 valence electrons. The highest BCUT2D eigenvalue weighted by Gasteiger charge is 2.22. The molecule has 0 spiro atoms. The maximum Gasteiger partial charge on any atom is 0.335 e. The van der Waals surface area contributed by atoms with Crippen LogP contribution in [-0.2, 0) is 0 Å². The van der Waals surface area contributed by atoms with Crippen molar-refractivity contribution in [3.8, 4) is 11.5 Å². The Morgan fingerprint density at radius 3 is 2.15 bits per heavy atom. The molecule has 0 aliphatic heterocycles. The molecule has 9 heteroatoms. The number of rotatable bonds is 4. The van der Waals surface area contributed by atoms with Crippen molar-refractivity contribution in [2.45, 2.75) is 0 Å². The van der Waals surface area contributed by atoms with E-state index >= 15 is 0 Å². The van der Waals surface area contributed by atoms with Crippen LogP contribution in [0.3, 0.4) is 0 Å². The number of amides is 1. The van der Waals surface area contributed by atoms with Crippen LogP contribution in [0.25, 0.3) is 11.5 Å². The average molecular weight is 392 g/mol. The van der Waals surface area contributed by atoms with Crippen LogP contribution >= 0.6 is 23.2 Å². The van der Waals surface area contributed by atoms with Crippen molar-refractivity contribution in [2.75, 3.05) is 11.9 Å². The average Bonchev–Trinajstić information content (AvgIpc) is 3.10. The van der Waals surface area contributed by atoms with Crippen molar-refractivity contribution >= 4 is 41.1 Å².